The average molecular weight is 271 g/mol. The summed E-state index contributed by atoms with van der Waals surface area (Å²) >= 11 is 0. The smallest absolute Gasteiger partial charge is 0.194 e. The number of benzene rings is 1. The highest BCUT2D eigenvalue weighted by molar-refractivity contribution is 5.23. The molecule has 0 aromatic heterocycles. The normalized spacial score (nSPS) is 25.3. The van der Waals surface area contributed by atoms with Gasteiger partial charge in [0.05, 0.1) is 0 Å². The zero-order chi connectivity index (χ0) is 14.0. The highest BCUT2D eigenvalue weighted by atomic mass is 19.2. The lowest BCUT2D eigenvalue weighted by Gasteiger charge is -2.32. The summed E-state index contributed by atoms with van der Waals surface area (Å²) in [5.41, 5.74) is 6.60. The summed E-state index contributed by atoms with van der Waals surface area (Å²) in [5.74, 6) is -2.96. The first-order chi connectivity index (χ1) is 9.02. The summed E-state index contributed by atoms with van der Waals surface area (Å²) in [6.07, 6.45) is 4.63. The first kappa shape index (κ1) is 14.4. The third-order valence-electron chi connectivity index (χ3n) is 4.33. The highest BCUT2D eigenvalue weighted by Gasteiger charge is 2.26. The van der Waals surface area contributed by atoms with Crippen LogP contribution < -0.4 is 5.73 Å². The van der Waals surface area contributed by atoms with Crippen LogP contribution in [0.5, 0.6) is 0 Å². The van der Waals surface area contributed by atoms with Gasteiger partial charge in [0, 0.05) is 6.04 Å². The Balaban J connectivity index is 2.06. The third kappa shape index (κ3) is 3.11. The van der Waals surface area contributed by atoms with E-state index in [1.807, 2.05) is 0 Å². The minimum Gasteiger partial charge on any atom is -0.327 e. The lowest BCUT2D eigenvalue weighted by atomic mass is 9.75. The average Bonchev–Trinajstić information content (AvgIpc) is 2.43. The van der Waals surface area contributed by atoms with E-state index in [1.54, 1.807) is 0 Å². The van der Waals surface area contributed by atoms with Gasteiger partial charge in [0.1, 0.15) is 0 Å². The van der Waals surface area contributed by atoms with Crippen molar-refractivity contribution in [3.05, 3.63) is 35.1 Å². The number of hydrogen-bond acceptors (Lipinski definition) is 1. The van der Waals surface area contributed by atoms with Gasteiger partial charge < -0.3 is 5.73 Å². The van der Waals surface area contributed by atoms with Crippen molar-refractivity contribution in [3.63, 3.8) is 0 Å². The van der Waals surface area contributed by atoms with E-state index >= 15 is 0 Å². The van der Waals surface area contributed by atoms with Gasteiger partial charge in [-0.25, -0.2) is 13.2 Å². The van der Waals surface area contributed by atoms with Gasteiger partial charge in [-0.2, -0.15) is 0 Å². The van der Waals surface area contributed by atoms with Crippen LogP contribution in [0.3, 0.4) is 0 Å². The molecule has 1 aliphatic carbocycles. The van der Waals surface area contributed by atoms with Crippen LogP contribution in [0.4, 0.5) is 13.2 Å². The Morgan fingerprint density at radius 3 is 2.11 bits per heavy atom. The third-order valence-corrected chi connectivity index (χ3v) is 4.33. The minimum atomic E-state index is -1.38. The Morgan fingerprint density at radius 1 is 1.11 bits per heavy atom. The van der Waals surface area contributed by atoms with E-state index in [2.05, 4.69) is 6.92 Å². The van der Waals surface area contributed by atoms with Crippen molar-refractivity contribution < 1.29 is 13.2 Å². The van der Waals surface area contributed by atoms with Crippen molar-refractivity contribution in [1.82, 2.24) is 0 Å². The van der Waals surface area contributed by atoms with Crippen molar-refractivity contribution in [2.45, 2.75) is 51.0 Å². The Kier molecular flexibility index (Phi) is 4.50. The molecule has 0 bridgehead atoms. The Labute approximate surface area is 112 Å². The SMILES string of the molecule is CCC(N)C1CCC(c2cc(F)c(F)c(F)c2)CC1. The lowest BCUT2D eigenvalue weighted by Crippen LogP contribution is -2.32. The molecule has 1 atom stereocenters. The number of hydrogen-bond donors (Lipinski definition) is 1. The maximum atomic E-state index is 13.2. The Hall–Kier alpha value is -1.03. The molecule has 1 nitrogen and oxygen atoms in total. The highest BCUT2D eigenvalue weighted by Crippen LogP contribution is 2.37. The van der Waals surface area contributed by atoms with Crippen LogP contribution in [0, 0.1) is 23.4 Å². The molecule has 0 radical (unpaired) electrons. The monoisotopic (exact) mass is 271 g/mol. The van der Waals surface area contributed by atoms with Gasteiger partial charge in [0.15, 0.2) is 17.5 Å². The molecule has 106 valence electrons. The van der Waals surface area contributed by atoms with Gasteiger partial charge in [-0.1, -0.05) is 6.92 Å². The largest absolute Gasteiger partial charge is 0.327 e. The van der Waals surface area contributed by atoms with Crippen LogP contribution in [0.25, 0.3) is 0 Å². The minimum absolute atomic E-state index is 0.116. The predicted molar refractivity (Wildman–Crippen MR) is 69.3 cm³/mol. The molecular weight excluding hydrogens is 251 g/mol. The van der Waals surface area contributed by atoms with Gasteiger partial charge in [0.2, 0.25) is 0 Å². The van der Waals surface area contributed by atoms with Crippen molar-refractivity contribution in [2.24, 2.45) is 11.7 Å². The van der Waals surface area contributed by atoms with Crippen LogP contribution in [-0.2, 0) is 0 Å². The maximum absolute atomic E-state index is 13.2. The van der Waals surface area contributed by atoms with Gasteiger partial charge in [-0.15, -0.1) is 0 Å². The van der Waals surface area contributed by atoms with Gasteiger partial charge in [0.25, 0.3) is 0 Å². The summed E-state index contributed by atoms with van der Waals surface area (Å²) in [7, 11) is 0. The van der Waals surface area contributed by atoms with Crippen LogP contribution in [-0.4, -0.2) is 6.04 Å². The van der Waals surface area contributed by atoms with Crippen LogP contribution >= 0.6 is 0 Å². The van der Waals surface area contributed by atoms with Crippen molar-refractivity contribution in [2.75, 3.05) is 0 Å². The number of nitrogens with two attached hydrogens (primary N) is 1. The van der Waals surface area contributed by atoms with Gasteiger partial charge in [-0.3, -0.25) is 0 Å². The molecule has 0 heterocycles. The summed E-state index contributed by atoms with van der Waals surface area (Å²) in [6, 6.07) is 2.47. The van der Waals surface area contributed by atoms with E-state index in [0.717, 1.165) is 44.2 Å². The molecule has 0 aliphatic heterocycles. The molecule has 0 saturated heterocycles. The zero-order valence-corrected chi connectivity index (χ0v) is 11.1. The number of halogens is 3. The van der Waals surface area contributed by atoms with E-state index in [9.17, 15) is 13.2 Å². The topological polar surface area (TPSA) is 26.0 Å². The fourth-order valence-corrected chi connectivity index (χ4v) is 3.02. The van der Waals surface area contributed by atoms with E-state index in [4.69, 9.17) is 5.73 Å². The molecule has 2 N–H and O–H groups in total. The van der Waals surface area contributed by atoms with Crippen LogP contribution in [0.2, 0.25) is 0 Å². The molecule has 1 fully saturated rings. The molecule has 1 saturated carbocycles. The van der Waals surface area contributed by atoms with E-state index < -0.39 is 17.5 Å². The second-order valence-corrected chi connectivity index (χ2v) is 5.48. The van der Waals surface area contributed by atoms with Crippen molar-refractivity contribution in [3.8, 4) is 0 Å². The van der Waals surface area contributed by atoms with E-state index in [1.165, 1.54) is 0 Å². The maximum Gasteiger partial charge on any atom is 0.194 e. The van der Waals surface area contributed by atoms with Crippen LogP contribution in [0.1, 0.15) is 50.5 Å². The van der Waals surface area contributed by atoms with E-state index in [-0.39, 0.29) is 12.0 Å². The summed E-state index contributed by atoms with van der Waals surface area (Å²) in [6.45, 7) is 2.07. The molecular formula is C15H20F3N. The van der Waals surface area contributed by atoms with Gasteiger partial charge >= 0.3 is 0 Å². The molecule has 1 aromatic carbocycles. The molecule has 1 unspecified atom stereocenters. The molecule has 0 amide bonds. The summed E-state index contributed by atoms with van der Waals surface area (Å²) < 4.78 is 39.4. The number of rotatable bonds is 3. The second kappa shape index (κ2) is 5.95. The fraction of sp³-hybridized carbons (Fsp3) is 0.600. The molecule has 1 aliphatic rings. The Bertz CT molecular complexity index is 416. The molecule has 2 rings (SSSR count). The second-order valence-electron chi connectivity index (χ2n) is 5.48. The zero-order valence-electron chi connectivity index (χ0n) is 11.1. The fourth-order valence-electron chi connectivity index (χ4n) is 3.02. The molecule has 0 spiro atoms. The van der Waals surface area contributed by atoms with Crippen molar-refractivity contribution in [1.29, 1.82) is 0 Å². The molecule has 1 aromatic rings. The van der Waals surface area contributed by atoms with E-state index in [0.29, 0.717) is 11.5 Å². The van der Waals surface area contributed by atoms with Crippen molar-refractivity contribution >= 4 is 0 Å². The van der Waals surface area contributed by atoms with Crippen LogP contribution in [0.15, 0.2) is 12.1 Å². The first-order valence-corrected chi connectivity index (χ1v) is 6.93. The molecule has 4 heteroatoms. The first-order valence-electron chi connectivity index (χ1n) is 6.93. The standard InChI is InChI=1S/C15H20F3N/c1-2-14(19)10-5-3-9(4-6-10)11-7-12(16)15(18)13(17)8-11/h7-10,14H,2-6,19H2,1H3. The summed E-state index contributed by atoms with van der Waals surface area (Å²) in [5, 5.41) is 0. The predicted octanol–water partition coefficient (Wildman–Crippen LogP) is 4.12. The summed E-state index contributed by atoms with van der Waals surface area (Å²) in [4.78, 5) is 0. The Morgan fingerprint density at radius 2 is 1.63 bits per heavy atom. The molecule has 19 heavy (non-hydrogen) atoms. The quantitative estimate of drug-likeness (QED) is 0.822. The lowest BCUT2D eigenvalue weighted by molar-refractivity contribution is 0.276. The van der Waals surface area contributed by atoms with Gasteiger partial charge in [-0.05, 0) is 61.6 Å².